The van der Waals surface area contributed by atoms with E-state index in [1.54, 1.807) is 0 Å². The van der Waals surface area contributed by atoms with Gasteiger partial charge in [0, 0.05) is 38.5 Å². The Bertz CT molecular complexity index is 3480. The molecule has 0 N–H and O–H groups in total. The van der Waals surface area contributed by atoms with Gasteiger partial charge in [0.15, 0.2) is 0 Å². The monoisotopic (exact) mass is 753 g/mol. The highest BCUT2D eigenvalue weighted by molar-refractivity contribution is 6.16. The molecule has 2 heteroatoms. The summed E-state index contributed by atoms with van der Waals surface area (Å²) in [5, 5.41) is 9.64. The molecule has 10 aromatic carbocycles. The minimum absolute atomic E-state index is 0.132. The molecule has 0 bridgehead atoms. The van der Waals surface area contributed by atoms with Crippen molar-refractivity contribution in [3.8, 4) is 33.4 Å². The molecule has 0 atom stereocenters. The fourth-order valence-electron chi connectivity index (χ4n) is 9.93. The van der Waals surface area contributed by atoms with Crippen LogP contribution in [0.2, 0.25) is 0 Å². The Morgan fingerprint density at radius 2 is 1.00 bits per heavy atom. The number of rotatable bonds is 5. The molecule has 1 aromatic heterocycles. The predicted octanol–water partition coefficient (Wildman–Crippen LogP) is 16.2. The largest absolute Gasteiger partial charge is 0.455 e. The number of fused-ring (bicyclic) bond motifs is 11. The maximum atomic E-state index is 6.55. The molecule has 0 saturated carbocycles. The van der Waals surface area contributed by atoms with Gasteiger partial charge in [0.2, 0.25) is 0 Å². The van der Waals surface area contributed by atoms with Gasteiger partial charge in [0.25, 0.3) is 0 Å². The Labute approximate surface area is 343 Å². The first-order valence-electron chi connectivity index (χ1n) is 20.5. The zero-order chi connectivity index (χ0) is 39.2. The Morgan fingerprint density at radius 1 is 0.373 bits per heavy atom. The van der Waals surface area contributed by atoms with Crippen LogP contribution in [0.3, 0.4) is 0 Å². The summed E-state index contributed by atoms with van der Waals surface area (Å²) in [6, 6.07) is 73.3. The molecule has 1 aliphatic carbocycles. The summed E-state index contributed by atoms with van der Waals surface area (Å²) in [6.07, 6.45) is 0. The van der Waals surface area contributed by atoms with Crippen molar-refractivity contribution in [1.82, 2.24) is 0 Å². The lowest BCUT2D eigenvalue weighted by atomic mass is 9.82. The van der Waals surface area contributed by atoms with E-state index < -0.39 is 0 Å². The van der Waals surface area contributed by atoms with Crippen LogP contribution in [0, 0.1) is 0 Å². The fourth-order valence-corrected chi connectivity index (χ4v) is 9.93. The number of hydrogen-bond donors (Lipinski definition) is 0. The first kappa shape index (κ1) is 33.7. The lowest BCUT2D eigenvalue weighted by Gasteiger charge is -2.30. The van der Waals surface area contributed by atoms with Crippen molar-refractivity contribution in [2.24, 2.45) is 0 Å². The Morgan fingerprint density at radius 3 is 1.85 bits per heavy atom. The van der Waals surface area contributed by atoms with E-state index in [1.165, 1.54) is 60.3 Å². The molecule has 0 unspecified atom stereocenters. The summed E-state index contributed by atoms with van der Waals surface area (Å²) >= 11 is 0. The van der Waals surface area contributed by atoms with Crippen molar-refractivity contribution < 1.29 is 4.42 Å². The summed E-state index contributed by atoms with van der Waals surface area (Å²) in [6.45, 7) is 4.71. The third kappa shape index (κ3) is 5.13. The minimum Gasteiger partial charge on any atom is -0.455 e. The van der Waals surface area contributed by atoms with Gasteiger partial charge in [-0.05, 0) is 114 Å². The van der Waals surface area contributed by atoms with E-state index in [2.05, 4.69) is 219 Å². The predicted molar refractivity (Wildman–Crippen MR) is 249 cm³/mol. The van der Waals surface area contributed by atoms with Gasteiger partial charge in [-0.25, -0.2) is 0 Å². The number of hydrogen-bond acceptors (Lipinski definition) is 2. The normalized spacial score (nSPS) is 13.1. The molecule has 2 nitrogen and oxygen atoms in total. The second kappa shape index (κ2) is 12.8. The van der Waals surface area contributed by atoms with Gasteiger partial charge >= 0.3 is 0 Å². The minimum atomic E-state index is -0.132. The van der Waals surface area contributed by atoms with E-state index in [0.717, 1.165) is 55.5 Å². The molecule has 0 radical (unpaired) electrons. The SMILES string of the molecule is CC1(C)c2ccccc2-c2ccc(N(c3ccc(-c4cccc5c4ccc4ccccc45)cc3)c3ccccc3-c3ccc4oc5c6ccccc6ccc5c4c3)cc21. The molecule has 11 aromatic rings. The van der Waals surface area contributed by atoms with Gasteiger partial charge in [0.1, 0.15) is 11.2 Å². The third-order valence-electron chi connectivity index (χ3n) is 12.9. The van der Waals surface area contributed by atoms with Crippen LogP contribution in [0.25, 0.3) is 87.6 Å². The maximum Gasteiger partial charge on any atom is 0.143 e. The average Bonchev–Trinajstić information content (AvgIpc) is 3.78. The third-order valence-corrected chi connectivity index (χ3v) is 12.9. The number of anilines is 3. The first-order valence-corrected chi connectivity index (χ1v) is 20.5. The molecule has 0 spiro atoms. The Hall–Kier alpha value is -7.42. The molecule has 1 aliphatic rings. The first-order chi connectivity index (χ1) is 29.0. The van der Waals surface area contributed by atoms with Gasteiger partial charge < -0.3 is 9.32 Å². The van der Waals surface area contributed by atoms with Gasteiger partial charge in [-0.2, -0.15) is 0 Å². The number of nitrogens with zero attached hydrogens (tertiary/aromatic N) is 1. The van der Waals surface area contributed by atoms with Gasteiger partial charge in [-0.3, -0.25) is 0 Å². The lowest BCUT2D eigenvalue weighted by Crippen LogP contribution is -2.16. The molecule has 59 heavy (non-hydrogen) atoms. The van der Waals surface area contributed by atoms with Gasteiger partial charge in [-0.1, -0.05) is 166 Å². The molecule has 0 saturated heterocycles. The number of para-hydroxylation sites is 1. The Kier molecular flexibility index (Phi) is 7.31. The molecule has 0 aliphatic heterocycles. The molecule has 0 amide bonds. The van der Waals surface area contributed by atoms with Crippen LogP contribution in [0.5, 0.6) is 0 Å². The maximum absolute atomic E-state index is 6.55. The van der Waals surface area contributed by atoms with Crippen LogP contribution >= 0.6 is 0 Å². The molecule has 278 valence electrons. The van der Waals surface area contributed by atoms with Crippen molar-refractivity contribution in [2.45, 2.75) is 19.3 Å². The van der Waals surface area contributed by atoms with Crippen LogP contribution in [0.15, 0.2) is 205 Å². The summed E-state index contributed by atoms with van der Waals surface area (Å²) < 4.78 is 6.55. The van der Waals surface area contributed by atoms with Crippen LogP contribution in [0.4, 0.5) is 17.1 Å². The number of furan rings is 1. The van der Waals surface area contributed by atoms with Crippen molar-refractivity contribution in [3.63, 3.8) is 0 Å². The summed E-state index contributed by atoms with van der Waals surface area (Å²) in [5.41, 5.74) is 15.1. The van der Waals surface area contributed by atoms with Crippen molar-refractivity contribution in [3.05, 3.63) is 211 Å². The second-order valence-corrected chi connectivity index (χ2v) is 16.5. The second-order valence-electron chi connectivity index (χ2n) is 16.5. The van der Waals surface area contributed by atoms with Crippen molar-refractivity contribution in [1.29, 1.82) is 0 Å². The lowest BCUT2D eigenvalue weighted by molar-refractivity contribution is 0.660. The molecular formula is C57H39NO. The van der Waals surface area contributed by atoms with Crippen LogP contribution in [-0.2, 0) is 5.41 Å². The molecule has 1 heterocycles. The average molecular weight is 754 g/mol. The molecule has 0 fully saturated rings. The zero-order valence-corrected chi connectivity index (χ0v) is 32.9. The standard InChI is InChI=1S/C57H39NO/c1-57(2)52-20-9-7-17-48(52)49-32-29-41(35-53(49)57)58(40-27-22-38(23-28-40)43-18-11-19-46-42-14-5-3-12-36(42)24-30-47(43)46)54-21-10-8-15-44(54)39-26-33-55-51(34-39)50-31-25-37-13-4-6-16-45(37)56(50)59-55/h3-35H,1-2H3. The smallest absolute Gasteiger partial charge is 0.143 e. The number of benzene rings is 10. The summed E-state index contributed by atoms with van der Waals surface area (Å²) in [5.74, 6) is 0. The summed E-state index contributed by atoms with van der Waals surface area (Å²) in [4.78, 5) is 2.44. The van der Waals surface area contributed by atoms with E-state index in [4.69, 9.17) is 4.42 Å². The highest BCUT2D eigenvalue weighted by atomic mass is 16.3. The van der Waals surface area contributed by atoms with Crippen LogP contribution in [0.1, 0.15) is 25.0 Å². The zero-order valence-electron chi connectivity index (χ0n) is 32.9. The molecular weight excluding hydrogens is 715 g/mol. The fraction of sp³-hybridized carbons (Fsp3) is 0.0526. The van der Waals surface area contributed by atoms with Gasteiger partial charge in [0.05, 0.1) is 5.69 Å². The topological polar surface area (TPSA) is 16.4 Å². The highest BCUT2D eigenvalue weighted by Crippen LogP contribution is 2.51. The van der Waals surface area contributed by atoms with Crippen molar-refractivity contribution in [2.75, 3.05) is 4.90 Å². The van der Waals surface area contributed by atoms with E-state index in [0.29, 0.717) is 0 Å². The van der Waals surface area contributed by atoms with Gasteiger partial charge in [-0.15, -0.1) is 0 Å². The van der Waals surface area contributed by atoms with E-state index >= 15 is 0 Å². The van der Waals surface area contributed by atoms with E-state index in [9.17, 15) is 0 Å². The van der Waals surface area contributed by atoms with Crippen LogP contribution in [-0.4, -0.2) is 0 Å². The summed E-state index contributed by atoms with van der Waals surface area (Å²) in [7, 11) is 0. The quantitative estimate of drug-likeness (QED) is 0.163. The van der Waals surface area contributed by atoms with Crippen LogP contribution < -0.4 is 4.90 Å². The molecule has 12 rings (SSSR count). The Balaban J connectivity index is 1.03. The highest BCUT2D eigenvalue weighted by Gasteiger charge is 2.36. The van der Waals surface area contributed by atoms with Crippen molar-refractivity contribution >= 4 is 71.3 Å². The van der Waals surface area contributed by atoms with E-state index in [-0.39, 0.29) is 5.41 Å². The van der Waals surface area contributed by atoms with E-state index in [1.807, 2.05) is 0 Å².